The fourth-order valence-electron chi connectivity index (χ4n) is 4.41. The van der Waals surface area contributed by atoms with E-state index in [-0.39, 0.29) is 23.6 Å². The van der Waals surface area contributed by atoms with Crippen LogP contribution in [-0.2, 0) is 14.4 Å². The van der Waals surface area contributed by atoms with E-state index in [1.165, 1.54) is 24.3 Å². The largest absolute Gasteiger partial charge is 0.344 e. The van der Waals surface area contributed by atoms with Crippen LogP contribution in [0.1, 0.15) is 76.0 Å². The number of hydrazone groups is 1. The molecule has 1 unspecified atom stereocenters. The minimum atomic E-state index is -0.846. The van der Waals surface area contributed by atoms with Gasteiger partial charge in [0.05, 0.1) is 6.21 Å². The molecule has 0 saturated heterocycles. The van der Waals surface area contributed by atoms with Crippen molar-refractivity contribution in [1.82, 2.24) is 15.6 Å². The van der Waals surface area contributed by atoms with E-state index in [9.17, 15) is 14.4 Å². The van der Waals surface area contributed by atoms with Crippen LogP contribution in [0, 0.1) is 11.8 Å². The summed E-state index contributed by atoms with van der Waals surface area (Å²) in [6.07, 6.45) is 8.34. The number of rotatable bonds is 7. The van der Waals surface area contributed by atoms with Gasteiger partial charge in [-0.05, 0) is 36.7 Å². The third-order valence-electron chi connectivity index (χ3n) is 6.09. The number of fused-ring (bicyclic) bond motifs is 1. The molecular formula is C24H34N4O3. The number of carbonyl (C=O) groups is 3. The predicted octanol–water partition coefficient (Wildman–Crippen LogP) is 3.15. The van der Waals surface area contributed by atoms with Crippen LogP contribution in [0.15, 0.2) is 29.4 Å². The summed E-state index contributed by atoms with van der Waals surface area (Å²) in [6, 6.07) is 5.87. The number of hydrogen-bond acceptors (Lipinski definition) is 4. The Bertz CT molecular complexity index is 830. The second-order valence-electron chi connectivity index (χ2n) is 9.13. The standard InChI is InChI=1S/C24H34N4O3/c1-16(2)13-20(26-21(29)14-17-9-5-4-6-10-17)23(30)27-22-19-12-8-7-11-18(19)15-25-28(3)24(22)31/h7-8,11-12,15-17,20,22H,4-6,9-10,13-14H2,1-3H3,(H,26,29)(H,27,30)/t20-,22?/m0/s1. The lowest BCUT2D eigenvalue weighted by Gasteiger charge is -2.26. The summed E-state index contributed by atoms with van der Waals surface area (Å²) in [5, 5.41) is 11.2. The molecule has 0 bridgehead atoms. The maximum atomic E-state index is 13.2. The van der Waals surface area contributed by atoms with Crippen LogP contribution in [0.2, 0.25) is 0 Å². The van der Waals surface area contributed by atoms with E-state index in [0.29, 0.717) is 24.3 Å². The zero-order valence-corrected chi connectivity index (χ0v) is 18.8. The molecule has 1 saturated carbocycles. The van der Waals surface area contributed by atoms with Gasteiger partial charge in [0.2, 0.25) is 11.8 Å². The molecular weight excluding hydrogens is 392 g/mol. The molecule has 168 valence electrons. The lowest BCUT2D eigenvalue weighted by molar-refractivity contribution is -0.136. The highest BCUT2D eigenvalue weighted by molar-refractivity contribution is 5.96. The Kier molecular flexibility index (Phi) is 7.82. The van der Waals surface area contributed by atoms with Crippen molar-refractivity contribution >= 4 is 23.9 Å². The molecule has 1 aliphatic carbocycles. The van der Waals surface area contributed by atoms with Crippen molar-refractivity contribution in [2.75, 3.05) is 7.05 Å². The summed E-state index contributed by atoms with van der Waals surface area (Å²) in [4.78, 5) is 38.8. The van der Waals surface area contributed by atoms with Gasteiger partial charge in [0.1, 0.15) is 12.1 Å². The third kappa shape index (κ3) is 6.15. The lowest BCUT2D eigenvalue weighted by Crippen LogP contribution is -2.50. The van der Waals surface area contributed by atoms with Crippen molar-refractivity contribution in [3.05, 3.63) is 35.4 Å². The van der Waals surface area contributed by atoms with Crippen molar-refractivity contribution in [1.29, 1.82) is 0 Å². The summed E-state index contributed by atoms with van der Waals surface area (Å²) < 4.78 is 0. The normalized spacial score (nSPS) is 20.2. The van der Waals surface area contributed by atoms with Crippen LogP contribution in [-0.4, -0.2) is 42.0 Å². The molecule has 7 heteroatoms. The summed E-state index contributed by atoms with van der Waals surface area (Å²) in [6.45, 7) is 4.03. The zero-order chi connectivity index (χ0) is 22.4. The highest BCUT2D eigenvalue weighted by Gasteiger charge is 2.32. The minimum Gasteiger partial charge on any atom is -0.344 e. The second kappa shape index (κ2) is 10.6. The number of hydrogen-bond donors (Lipinski definition) is 2. The number of amides is 3. The van der Waals surface area contributed by atoms with Crippen LogP contribution >= 0.6 is 0 Å². The first-order valence-corrected chi connectivity index (χ1v) is 11.4. The van der Waals surface area contributed by atoms with Crippen LogP contribution in [0.25, 0.3) is 0 Å². The molecule has 3 amide bonds. The van der Waals surface area contributed by atoms with Crippen molar-refractivity contribution in [2.24, 2.45) is 16.9 Å². The van der Waals surface area contributed by atoms with Crippen molar-refractivity contribution in [2.45, 2.75) is 70.9 Å². The van der Waals surface area contributed by atoms with Crippen molar-refractivity contribution in [3.8, 4) is 0 Å². The summed E-state index contributed by atoms with van der Waals surface area (Å²) in [5.74, 6) is -0.118. The summed E-state index contributed by atoms with van der Waals surface area (Å²) in [5.41, 5.74) is 1.48. The van der Waals surface area contributed by atoms with E-state index in [1.807, 2.05) is 38.1 Å². The van der Waals surface area contributed by atoms with Gasteiger partial charge < -0.3 is 10.6 Å². The van der Waals surface area contributed by atoms with Gasteiger partial charge in [-0.1, -0.05) is 57.4 Å². The molecule has 7 nitrogen and oxygen atoms in total. The van der Waals surface area contributed by atoms with Crippen molar-refractivity contribution < 1.29 is 14.4 Å². The Balaban J connectivity index is 1.72. The van der Waals surface area contributed by atoms with Crippen LogP contribution < -0.4 is 10.6 Å². The Labute approximate surface area is 184 Å². The second-order valence-corrected chi connectivity index (χ2v) is 9.13. The summed E-state index contributed by atoms with van der Waals surface area (Å²) >= 11 is 0. The first kappa shape index (κ1) is 23.0. The molecule has 1 fully saturated rings. The molecule has 1 aromatic rings. The Morgan fingerprint density at radius 3 is 2.58 bits per heavy atom. The fourth-order valence-corrected chi connectivity index (χ4v) is 4.41. The number of nitrogens with zero attached hydrogens (tertiary/aromatic N) is 2. The Morgan fingerprint density at radius 1 is 1.16 bits per heavy atom. The monoisotopic (exact) mass is 426 g/mol. The molecule has 1 heterocycles. The van der Waals surface area contributed by atoms with Gasteiger partial charge >= 0.3 is 0 Å². The van der Waals surface area contributed by atoms with E-state index >= 15 is 0 Å². The molecule has 0 aromatic heterocycles. The molecule has 2 N–H and O–H groups in total. The van der Waals surface area contributed by atoms with Gasteiger partial charge in [-0.25, -0.2) is 5.01 Å². The maximum Gasteiger partial charge on any atom is 0.269 e. The Hall–Kier alpha value is -2.70. The first-order chi connectivity index (χ1) is 14.8. The number of benzene rings is 1. The van der Waals surface area contributed by atoms with Gasteiger partial charge in [-0.15, -0.1) is 0 Å². The Morgan fingerprint density at radius 2 is 1.87 bits per heavy atom. The van der Waals surface area contributed by atoms with E-state index in [1.54, 1.807) is 13.3 Å². The molecule has 0 radical (unpaired) electrons. The first-order valence-electron chi connectivity index (χ1n) is 11.4. The number of likely N-dealkylation sites (N-methyl/N-ethyl adjacent to an activating group) is 1. The topological polar surface area (TPSA) is 90.9 Å². The smallest absolute Gasteiger partial charge is 0.269 e. The molecule has 0 spiro atoms. The van der Waals surface area contributed by atoms with Gasteiger partial charge in [-0.3, -0.25) is 14.4 Å². The highest BCUT2D eigenvalue weighted by Crippen LogP contribution is 2.26. The molecule has 2 atom stereocenters. The minimum absolute atomic E-state index is 0.0826. The van der Waals surface area contributed by atoms with E-state index in [2.05, 4.69) is 15.7 Å². The fraction of sp³-hybridized carbons (Fsp3) is 0.583. The van der Waals surface area contributed by atoms with Crippen LogP contribution in [0.4, 0.5) is 0 Å². The van der Waals surface area contributed by atoms with Crippen LogP contribution in [0.5, 0.6) is 0 Å². The maximum absolute atomic E-state index is 13.2. The van der Waals surface area contributed by atoms with Gasteiger partial charge in [-0.2, -0.15) is 5.10 Å². The third-order valence-corrected chi connectivity index (χ3v) is 6.09. The predicted molar refractivity (Wildman–Crippen MR) is 120 cm³/mol. The molecule has 3 rings (SSSR count). The lowest BCUT2D eigenvalue weighted by atomic mass is 9.86. The van der Waals surface area contributed by atoms with E-state index < -0.39 is 12.1 Å². The number of carbonyl (C=O) groups excluding carboxylic acids is 3. The van der Waals surface area contributed by atoms with Crippen LogP contribution in [0.3, 0.4) is 0 Å². The van der Waals surface area contributed by atoms with Crippen molar-refractivity contribution in [3.63, 3.8) is 0 Å². The van der Waals surface area contributed by atoms with Gasteiger partial charge in [0, 0.05) is 19.0 Å². The van der Waals surface area contributed by atoms with Gasteiger partial charge in [0.15, 0.2) is 0 Å². The SMILES string of the molecule is CC(C)C[C@H](NC(=O)CC1CCCCC1)C(=O)NC1C(=O)N(C)N=Cc2ccccc21. The van der Waals surface area contributed by atoms with E-state index in [4.69, 9.17) is 0 Å². The summed E-state index contributed by atoms with van der Waals surface area (Å²) in [7, 11) is 1.57. The molecule has 2 aliphatic rings. The highest BCUT2D eigenvalue weighted by atomic mass is 16.2. The average Bonchev–Trinajstić information content (AvgIpc) is 2.86. The quantitative estimate of drug-likeness (QED) is 0.702. The zero-order valence-electron chi connectivity index (χ0n) is 18.8. The van der Waals surface area contributed by atoms with E-state index in [0.717, 1.165) is 18.4 Å². The molecule has 1 aliphatic heterocycles. The van der Waals surface area contributed by atoms with Gasteiger partial charge in [0.25, 0.3) is 5.91 Å². The molecule has 31 heavy (non-hydrogen) atoms. The molecule has 1 aromatic carbocycles. The average molecular weight is 427 g/mol. The number of nitrogens with one attached hydrogen (secondary N) is 2.